The van der Waals surface area contributed by atoms with Gasteiger partial charge in [-0.2, -0.15) is 0 Å². The van der Waals surface area contributed by atoms with Crippen molar-refractivity contribution in [3.63, 3.8) is 0 Å². The average Bonchev–Trinajstić information content (AvgIpc) is 2.35. The van der Waals surface area contributed by atoms with E-state index in [9.17, 15) is 0 Å². The Morgan fingerprint density at radius 1 is 0.947 bits per heavy atom. The van der Waals surface area contributed by atoms with Gasteiger partial charge in [0, 0.05) is 13.5 Å². The molecule has 0 aliphatic heterocycles. The van der Waals surface area contributed by atoms with Crippen LogP contribution in [0.25, 0.3) is 0 Å². The summed E-state index contributed by atoms with van der Waals surface area (Å²) in [4.78, 5) is 9.00. The van der Waals surface area contributed by atoms with Gasteiger partial charge in [0.15, 0.2) is 0 Å². The van der Waals surface area contributed by atoms with Crippen molar-refractivity contribution < 1.29 is 15.0 Å². The topological polar surface area (TPSA) is 57.5 Å². The van der Waals surface area contributed by atoms with E-state index in [1.165, 1.54) is 38.5 Å². The monoisotopic (exact) mass is 270 g/mol. The Morgan fingerprint density at radius 2 is 1.47 bits per heavy atom. The molecule has 0 unspecified atom stereocenters. The molecule has 3 nitrogen and oxygen atoms in total. The smallest absolute Gasteiger partial charge is 0.300 e. The molecule has 0 spiro atoms. The molecule has 2 N–H and O–H groups in total. The Kier molecular flexibility index (Phi) is 20.5. The van der Waals surface area contributed by atoms with Crippen molar-refractivity contribution in [2.75, 3.05) is 6.61 Å². The fourth-order valence-electron chi connectivity index (χ4n) is 1.51. The van der Waals surface area contributed by atoms with E-state index in [0.717, 1.165) is 19.8 Å². The molecule has 0 fully saturated rings. The molecule has 0 radical (unpaired) electrons. The first-order valence-electron chi connectivity index (χ1n) is 7.21. The van der Waals surface area contributed by atoms with Crippen LogP contribution >= 0.6 is 0 Å². The quantitative estimate of drug-likeness (QED) is 0.459. The van der Waals surface area contributed by atoms with Gasteiger partial charge in [-0.1, -0.05) is 50.0 Å². The minimum absolute atomic E-state index is 0.355. The standard InChI is InChI=1S/C14H26O.C2H4O2/c1-2-3-4-5-6-7-8-9-10-11-12-13-14-15;1-2(3)4/h2-3,5-6,15H,4,7-14H2,1H3;1H3,(H,3,4). The highest BCUT2D eigenvalue weighted by Gasteiger charge is 1.89. The molecule has 0 aromatic carbocycles. The number of carbonyl (C=O) groups is 1. The number of allylic oxidation sites excluding steroid dienone is 4. The van der Waals surface area contributed by atoms with E-state index < -0.39 is 5.97 Å². The van der Waals surface area contributed by atoms with E-state index in [-0.39, 0.29) is 0 Å². The molecular weight excluding hydrogens is 240 g/mol. The number of aliphatic carboxylic acids is 1. The van der Waals surface area contributed by atoms with Gasteiger partial charge in [0.1, 0.15) is 0 Å². The molecule has 0 aliphatic carbocycles. The van der Waals surface area contributed by atoms with E-state index in [4.69, 9.17) is 15.0 Å². The zero-order chi connectivity index (χ0) is 14.8. The number of carboxylic acids is 1. The maximum Gasteiger partial charge on any atom is 0.300 e. The minimum atomic E-state index is -0.833. The summed E-state index contributed by atoms with van der Waals surface area (Å²) in [6.07, 6.45) is 18.5. The summed E-state index contributed by atoms with van der Waals surface area (Å²) in [6.45, 7) is 3.49. The van der Waals surface area contributed by atoms with Crippen molar-refractivity contribution in [2.45, 2.75) is 65.2 Å². The van der Waals surface area contributed by atoms with E-state index in [0.29, 0.717) is 6.61 Å². The third kappa shape index (κ3) is 31.6. The van der Waals surface area contributed by atoms with Gasteiger partial charge >= 0.3 is 0 Å². The maximum absolute atomic E-state index is 9.00. The zero-order valence-electron chi connectivity index (χ0n) is 12.5. The number of unbranched alkanes of at least 4 members (excludes halogenated alkanes) is 6. The lowest BCUT2D eigenvalue weighted by molar-refractivity contribution is -0.134. The Morgan fingerprint density at radius 3 is 2.00 bits per heavy atom. The van der Waals surface area contributed by atoms with Gasteiger partial charge in [0.25, 0.3) is 5.97 Å². The second kappa shape index (κ2) is 19.3. The summed E-state index contributed by atoms with van der Waals surface area (Å²) in [7, 11) is 0. The number of aliphatic hydroxyl groups is 1. The van der Waals surface area contributed by atoms with Gasteiger partial charge in [-0.3, -0.25) is 4.79 Å². The molecule has 0 saturated heterocycles. The van der Waals surface area contributed by atoms with Gasteiger partial charge in [0.2, 0.25) is 0 Å². The third-order valence-corrected chi connectivity index (χ3v) is 2.45. The number of hydrogen-bond donors (Lipinski definition) is 2. The summed E-state index contributed by atoms with van der Waals surface area (Å²) < 4.78 is 0. The molecule has 0 aromatic rings. The Hall–Kier alpha value is -1.09. The summed E-state index contributed by atoms with van der Waals surface area (Å²) in [5, 5.41) is 16.0. The van der Waals surface area contributed by atoms with Crippen LogP contribution in [0.5, 0.6) is 0 Å². The van der Waals surface area contributed by atoms with E-state index in [1.54, 1.807) is 0 Å². The Bertz CT molecular complexity index is 228. The molecule has 0 amide bonds. The Labute approximate surface area is 118 Å². The first kappa shape index (κ1) is 20.2. The van der Waals surface area contributed by atoms with Crippen LogP contribution in [0.15, 0.2) is 24.3 Å². The van der Waals surface area contributed by atoms with Crippen molar-refractivity contribution in [3.05, 3.63) is 24.3 Å². The molecule has 0 aliphatic rings. The molecule has 0 rings (SSSR count). The first-order valence-corrected chi connectivity index (χ1v) is 7.21. The highest BCUT2D eigenvalue weighted by Crippen LogP contribution is 2.07. The van der Waals surface area contributed by atoms with Gasteiger partial charge in [0.05, 0.1) is 0 Å². The lowest BCUT2D eigenvalue weighted by atomic mass is 10.1. The molecule has 0 atom stereocenters. The third-order valence-electron chi connectivity index (χ3n) is 2.45. The molecule has 112 valence electrons. The lowest BCUT2D eigenvalue weighted by Crippen LogP contribution is -1.83. The van der Waals surface area contributed by atoms with Crippen LogP contribution in [0.4, 0.5) is 0 Å². The molecule has 0 saturated carbocycles. The highest BCUT2D eigenvalue weighted by atomic mass is 16.4. The second-order valence-corrected chi connectivity index (χ2v) is 4.43. The summed E-state index contributed by atoms with van der Waals surface area (Å²) in [6, 6.07) is 0. The Balaban J connectivity index is 0. The maximum atomic E-state index is 9.00. The lowest BCUT2D eigenvalue weighted by Gasteiger charge is -1.98. The first-order chi connectivity index (χ1) is 9.15. The molecule has 3 heteroatoms. The van der Waals surface area contributed by atoms with Crippen LogP contribution in [0, 0.1) is 0 Å². The van der Waals surface area contributed by atoms with E-state index >= 15 is 0 Å². The number of hydrogen-bond acceptors (Lipinski definition) is 2. The van der Waals surface area contributed by atoms with Crippen LogP contribution in [0.2, 0.25) is 0 Å². The van der Waals surface area contributed by atoms with Crippen LogP contribution in [0.3, 0.4) is 0 Å². The van der Waals surface area contributed by atoms with E-state index in [1.807, 2.05) is 0 Å². The molecule has 19 heavy (non-hydrogen) atoms. The summed E-state index contributed by atoms with van der Waals surface area (Å²) >= 11 is 0. The number of carboxylic acid groups (broad SMARTS) is 1. The van der Waals surface area contributed by atoms with Crippen molar-refractivity contribution in [1.82, 2.24) is 0 Å². The zero-order valence-corrected chi connectivity index (χ0v) is 12.5. The molecule has 0 aromatic heterocycles. The van der Waals surface area contributed by atoms with Crippen LogP contribution in [0.1, 0.15) is 65.2 Å². The van der Waals surface area contributed by atoms with Gasteiger partial charge < -0.3 is 10.2 Å². The number of rotatable bonds is 10. The van der Waals surface area contributed by atoms with Gasteiger partial charge in [-0.25, -0.2) is 0 Å². The van der Waals surface area contributed by atoms with E-state index in [2.05, 4.69) is 31.2 Å². The van der Waals surface area contributed by atoms with Crippen molar-refractivity contribution in [2.24, 2.45) is 0 Å². The van der Waals surface area contributed by atoms with Crippen molar-refractivity contribution in [1.29, 1.82) is 0 Å². The highest BCUT2D eigenvalue weighted by molar-refractivity contribution is 5.62. The fourth-order valence-corrected chi connectivity index (χ4v) is 1.51. The van der Waals surface area contributed by atoms with Gasteiger partial charge in [-0.05, 0) is 32.6 Å². The SMILES string of the molecule is CC(=O)O.CC=CCC=CCCCCCCCCO. The summed E-state index contributed by atoms with van der Waals surface area (Å²) in [5.41, 5.74) is 0. The van der Waals surface area contributed by atoms with Gasteiger partial charge in [-0.15, -0.1) is 0 Å². The fraction of sp³-hybridized carbons (Fsp3) is 0.688. The molecule has 0 heterocycles. The molecule has 0 bridgehead atoms. The predicted octanol–water partition coefficient (Wildman–Crippen LogP) is 4.32. The predicted molar refractivity (Wildman–Crippen MR) is 81.3 cm³/mol. The van der Waals surface area contributed by atoms with Crippen LogP contribution in [-0.4, -0.2) is 22.8 Å². The van der Waals surface area contributed by atoms with Crippen LogP contribution in [-0.2, 0) is 4.79 Å². The van der Waals surface area contributed by atoms with Crippen molar-refractivity contribution >= 4 is 5.97 Å². The number of aliphatic hydroxyl groups excluding tert-OH is 1. The average molecular weight is 270 g/mol. The summed E-state index contributed by atoms with van der Waals surface area (Å²) in [5.74, 6) is -0.833. The van der Waals surface area contributed by atoms with Crippen molar-refractivity contribution in [3.8, 4) is 0 Å². The van der Waals surface area contributed by atoms with Crippen LogP contribution < -0.4 is 0 Å². The largest absolute Gasteiger partial charge is 0.481 e. The second-order valence-electron chi connectivity index (χ2n) is 4.43. The minimum Gasteiger partial charge on any atom is -0.481 e. The molecular formula is C16H30O3. The normalized spacial score (nSPS) is 10.7.